The number of urea groups is 1. The number of amides is 2. The van der Waals surface area contributed by atoms with Gasteiger partial charge in [0, 0.05) is 30.7 Å². The first kappa shape index (κ1) is 19.3. The highest BCUT2D eigenvalue weighted by Crippen LogP contribution is 2.34. The largest absolute Gasteiger partial charge is 0.477 e. The molecule has 1 aromatic rings. The molecule has 0 saturated carbocycles. The molecule has 0 spiro atoms. The number of pyridine rings is 1. The summed E-state index contributed by atoms with van der Waals surface area (Å²) in [4.78, 5) is 17.6. The molecule has 25 heavy (non-hydrogen) atoms. The lowest BCUT2D eigenvalue weighted by Crippen LogP contribution is -2.51. The molecule has 0 radical (unpaired) electrons. The van der Waals surface area contributed by atoms with Gasteiger partial charge in [0.1, 0.15) is 5.56 Å². The fourth-order valence-corrected chi connectivity index (χ4v) is 2.70. The highest BCUT2D eigenvalue weighted by Gasteiger charge is 2.35. The zero-order valence-corrected chi connectivity index (χ0v) is 14.7. The van der Waals surface area contributed by atoms with Gasteiger partial charge in [0.05, 0.1) is 6.61 Å². The Bertz CT molecular complexity index is 600. The monoisotopic (exact) mass is 359 g/mol. The van der Waals surface area contributed by atoms with Gasteiger partial charge in [0.15, 0.2) is 0 Å². The van der Waals surface area contributed by atoms with Crippen LogP contribution in [0.25, 0.3) is 0 Å². The molecule has 1 saturated heterocycles. The normalized spacial score (nSPS) is 18.8. The Labute approximate surface area is 145 Å². The smallest absolute Gasteiger partial charge is 0.421 e. The van der Waals surface area contributed by atoms with E-state index in [1.165, 1.54) is 12.3 Å². The van der Waals surface area contributed by atoms with Crippen LogP contribution >= 0.6 is 0 Å². The lowest BCUT2D eigenvalue weighted by Gasteiger charge is -2.34. The van der Waals surface area contributed by atoms with Crippen LogP contribution in [0.4, 0.5) is 18.0 Å². The van der Waals surface area contributed by atoms with Crippen LogP contribution in [0.15, 0.2) is 18.3 Å². The van der Waals surface area contributed by atoms with Crippen LogP contribution in [0.2, 0.25) is 0 Å². The van der Waals surface area contributed by atoms with E-state index in [-0.39, 0.29) is 24.1 Å². The van der Waals surface area contributed by atoms with E-state index in [0.717, 1.165) is 18.9 Å². The third kappa shape index (κ3) is 5.79. The summed E-state index contributed by atoms with van der Waals surface area (Å²) in [5.74, 6) is -0.436. The second-order valence-electron chi connectivity index (χ2n) is 7.30. The Morgan fingerprint density at radius 2 is 2.12 bits per heavy atom. The van der Waals surface area contributed by atoms with Crippen LogP contribution < -0.4 is 10.1 Å². The molecule has 2 rings (SSSR count). The highest BCUT2D eigenvalue weighted by atomic mass is 19.4. The number of hydrogen-bond donors (Lipinski definition) is 1. The number of piperidine rings is 1. The van der Waals surface area contributed by atoms with Crippen LogP contribution in [0.1, 0.15) is 39.2 Å². The van der Waals surface area contributed by atoms with Crippen LogP contribution in [-0.2, 0) is 6.18 Å². The molecule has 0 aliphatic carbocycles. The maximum absolute atomic E-state index is 13.0. The number of aromatic nitrogens is 1. The average Bonchev–Trinajstić information content (AvgIpc) is 2.51. The molecule has 5 nitrogen and oxygen atoms in total. The first-order valence-corrected chi connectivity index (χ1v) is 8.28. The van der Waals surface area contributed by atoms with E-state index in [0.29, 0.717) is 13.1 Å². The number of nitrogens with one attached hydrogen (secondary N) is 1. The second kappa shape index (κ2) is 7.49. The van der Waals surface area contributed by atoms with Crippen molar-refractivity contribution in [3.8, 4) is 5.88 Å². The molecule has 1 aliphatic rings. The van der Waals surface area contributed by atoms with Gasteiger partial charge in [-0.25, -0.2) is 9.78 Å². The summed E-state index contributed by atoms with van der Waals surface area (Å²) in [5.41, 5.74) is -1.22. The summed E-state index contributed by atoms with van der Waals surface area (Å²) in [6, 6.07) is 2.02. The first-order valence-electron chi connectivity index (χ1n) is 8.28. The maximum atomic E-state index is 13.0. The van der Waals surface area contributed by atoms with Gasteiger partial charge in [-0.2, -0.15) is 13.2 Å². The van der Waals surface area contributed by atoms with E-state index in [9.17, 15) is 18.0 Å². The molecule has 1 aromatic heterocycles. The lowest BCUT2D eigenvalue weighted by atomic mass is 9.99. The molecule has 0 bridgehead atoms. The number of nitrogens with zero attached hydrogens (tertiary/aromatic N) is 2. The topological polar surface area (TPSA) is 54.5 Å². The molecular formula is C17H24F3N3O2. The van der Waals surface area contributed by atoms with Gasteiger partial charge in [-0.15, -0.1) is 0 Å². The van der Waals surface area contributed by atoms with Crippen molar-refractivity contribution in [1.82, 2.24) is 15.2 Å². The number of carbonyl (C=O) groups is 1. The van der Waals surface area contributed by atoms with Gasteiger partial charge < -0.3 is 15.0 Å². The van der Waals surface area contributed by atoms with E-state index in [2.05, 4.69) is 10.3 Å². The van der Waals surface area contributed by atoms with Gasteiger partial charge in [0.2, 0.25) is 5.88 Å². The number of alkyl halides is 3. The molecule has 140 valence electrons. The zero-order chi connectivity index (χ0) is 18.7. The van der Waals surface area contributed by atoms with Crippen molar-refractivity contribution in [3.63, 3.8) is 0 Å². The van der Waals surface area contributed by atoms with Crippen molar-refractivity contribution in [2.75, 3.05) is 19.7 Å². The summed E-state index contributed by atoms with van der Waals surface area (Å²) in [6.45, 7) is 6.88. The Morgan fingerprint density at radius 1 is 1.40 bits per heavy atom. The standard InChI is InChI=1S/C17H24F3N3O2/c1-16(2,3)22-15(24)23-9-5-6-12(10-23)11-25-14-13(17(18,19)20)7-4-8-21-14/h4,7-8,12H,5-6,9-11H2,1-3H3,(H,22,24). The van der Waals surface area contributed by atoms with Crippen LogP contribution in [0.3, 0.4) is 0 Å². The minimum Gasteiger partial charge on any atom is -0.477 e. The molecule has 2 heterocycles. The molecule has 1 fully saturated rings. The first-order chi connectivity index (χ1) is 11.6. The predicted octanol–water partition coefficient (Wildman–Crippen LogP) is 3.70. The van der Waals surface area contributed by atoms with E-state index >= 15 is 0 Å². The second-order valence-corrected chi connectivity index (χ2v) is 7.30. The quantitative estimate of drug-likeness (QED) is 0.895. The maximum Gasteiger partial charge on any atom is 0.421 e. The van der Waals surface area contributed by atoms with Crippen LogP contribution in [0, 0.1) is 5.92 Å². The third-order valence-electron chi connectivity index (χ3n) is 3.82. The zero-order valence-electron chi connectivity index (χ0n) is 14.7. The summed E-state index contributed by atoms with van der Waals surface area (Å²) in [6.07, 6.45) is -1.64. The van der Waals surface area contributed by atoms with Crippen molar-refractivity contribution in [2.45, 2.75) is 45.3 Å². The number of carbonyl (C=O) groups excluding carboxylic acids is 1. The van der Waals surface area contributed by atoms with Gasteiger partial charge in [-0.3, -0.25) is 0 Å². The van der Waals surface area contributed by atoms with E-state index in [1.54, 1.807) is 4.90 Å². The summed E-state index contributed by atoms with van der Waals surface area (Å²) in [7, 11) is 0. The predicted molar refractivity (Wildman–Crippen MR) is 87.3 cm³/mol. The van der Waals surface area contributed by atoms with Crippen molar-refractivity contribution in [3.05, 3.63) is 23.9 Å². The Kier molecular flexibility index (Phi) is 5.80. The van der Waals surface area contributed by atoms with Crippen LogP contribution in [0.5, 0.6) is 5.88 Å². The Balaban J connectivity index is 1.95. The molecule has 1 aliphatic heterocycles. The fraction of sp³-hybridized carbons (Fsp3) is 0.647. The average molecular weight is 359 g/mol. The minimum absolute atomic E-state index is 0.0254. The summed E-state index contributed by atoms with van der Waals surface area (Å²) in [5, 5.41) is 2.90. The number of hydrogen-bond acceptors (Lipinski definition) is 3. The molecule has 8 heteroatoms. The number of likely N-dealkylation sites (tertiary alicyclic amines) is 1. The number of halogens is 3. The molecule has 2 amide bonds. The summed E-state index contributed by atoms with van der Waals surface area (Å²) < 4.78 is 44.2. The van der Waals surface area contributed by atoms with Crippen molar-refractivity contribution >= 4 is 6.03 Å². The van der Waals surface area contributed by atoms with E-state index < -0.39 is 17.6 Å². The van der Waals surface area contributed by atoms with Crippen molar-refractivity contribution in [2.24, 2.45) is 5.92 Å². The minimum atomic E-state index is -4.51. The van der Waals surface area contributed by atoms with Crippen molar-refractivity contribution < 1.29 is 22.7 Å². The number of rotatable bonds is 3. The van der Waals surface area contributed by atoms with Gasteiger partial charge in [-0.05, 0) is 45.7 Å². The van der Waals surface area contributed by atoms with Crippen LogP contribution in [-0.4, -0.2) is 41.2 Å². The highest BCUT2D eigenvalue weighted by molar-refractivity contribution is 5.75. The van der Waals surface area contributed by atoms with Gasteiger partial charge >= 0.3 is 12.2 Å². The number of ether oxygens (including phenoxy) is 1. The van der Waals surface area contributed by atoms with E-state index in [1.807, 2.05) is 20.8 Å². The van der Waals surface area contributed by atoms with Gasteiger partial charge in [-0.1, -0.05) is 0 Å². The SMILES string of the molecule is CC(C)(C)NC(=O)N1CCCC(COc2ncccc2C(F)(F)F)C1. The summed E-state index contributed by atoms with van der Waals surface area (Å²) >= 11 is 0. The fourth-order valence-electron chi connectivity index (χ4n) is 2.70. The Morgan fingerprint density at radius 3 is 2.76 bits per heavy atom. The molecule has 1 atom stereocenters. The van der Waals surface area contributed by atoms with E-state index in [4.69, 9.17) is 4.74 Å². The third-order valence-corrected chi connectivity index (χ3v) is 3.82. The van der Waals surface area contributed by atoms with Crippen molar-refractivity contribution in [1.29, 1.82) is 0 Å². The van der Waals surface area contributed by atoms with Gasteiger partial charge in [0.25, 0.3) is 0 Å². The molecule has 1 N–H and O–H groups in total. The molecule has 0 aromatic carbocycles. The lowest BCUT2D eigenvalue weighted by molar-refractivity contribution is -0.139. The Hall–Kier alpha value is -1.99. The molecule has 1 unspecified atom stereocenters. The molecular weight excluding hydrogens is 335 g/mol.